The highest BCUT2D eigenvalue weighted by Crippen LogP contribution is 2.57. The first-order valence-electron chi connectivity index (χ1n) is 8.18. The number of rotatable bonds is 4. The number of fused-ring (bicyclic) bond motifs is 3. The Hall–Kier alpha value is -2.42. The summed E-state index contributed by atoms with van der Waals surface area (Å²) in [5.41, 5.74) is 2.42. The van der Waals surface area contributed by atoms with Crippen molar-refractivity contribution in [2.45, 2.75) is 0 Å². The highest BCUT2D eigenvalue weighted by Gasteiger charge is 2.42. The van der Waals surface area contributed by atoms with Crippen LogP contribution in [0.5, 0.6) is 11.5 Å². The second-order valence-corrected chi connectivity index (χ2v) is 10.2. The highest BCUT2D eigenvalue weighted by molar-refractivity contribution is 8.30. The molecule has 0 amide bonds. The standard InChI is InChI=1S/C21H17O3PS/c1-23-16-10-7-11-17(24-2)20(16)21(22)25(26)18-12-5-3-8-14(18)15-9-4-6-13-19(15)25/h3-13H,1-2H3. The van der Waals surface area contributed by atoms with Gasteiger partial charge in [0.1, 0.15) is 17.1 Å². The predicted octanol–water partition coefficient (Wildman–Crippen LogP) is 3.95. The topological polar surface area (TPSA) is 35.5 Å². The van der Waals surface area contributed by atoms with E-state index in [1.165, 1.54) is 0 Å². The summed E-state index contributed by atoms with van der Waals surface area (Å²) in [5, 5.41) is 1.88. The van der Waals surface area contributed by atoms with Crippen LogP contribution in [0.15, 0.2) is 66.7 Å². The molecule has 0 N–H and O–H groups in total. The average Bonchev–Trinajstić information content (AvgIpc) is 2.97. The van der Waals surface area contributed by atoms with Crippen LogP contribution in [0.2, 0.25) is 0 Å². The van der Waals surface area contributed by atoms with Gasteiger partial charge in [0.15, 0.2) is 0 Å². The van der Waals surface area contributed by atoms with Crippen LogP contribution in [0, 0.1) is 0 Å². The molecule has 0 saturated carbocycles. The van der Waals surface area contributed by atoms with E-state index in [4.69, 9.17) is 21.3 Å². The number of ether oxygens (including phenoxy) is 2. The van der Waals surface area contributed by atoms with E-state index in [0.29, 0.717) is 17.1 Å². The summed E-state index contributed by atoms with van der Waals surface area (Å²) in [5.74, 6) is 0.973. The fourth-order valence-electron chi connectivity index (χ4n) is 3.52. The lowest BCUT2D eigenvalue weighted by Crippen LogP contribution is -2.19. The van der Waals surface area contributed by atoms with E-state index < -0.39 is 6.04 Å². The van der Waals surface area contributed by atoms with Crippen molar-refractivity contribution in [3.63, 3.8) is 0 Å². The van der Waals surface area contributed by atoms with Gasteiger partial charge in [0.25, 0.3) is 0 Å². The van der Waals surface area contributed by atoms with Crippen molar-refractivity contribution in [1.29, 1.82) is 0 Å². The Kier molecular flexibility index (Phi) is 4.18. The first-order valence-corrected chi connectivity index (χ1v) is 11.0. The lowest BCUT2D eigenvalue weighted by Gasteiger charge is -2.20. The van der Waals surface area contributed by atoms with Crippen LogP contribution in [-0.4, -0.2) is 19.7 Å². The third kappa shape index (κ3) is 2.26. The third-order valence-electron chi connectivity index (χ3n) is 4.70. The Morgan fingerprint density at radius 1 is 0.769 bits per heavy atom. The van der Waals surface area contributed by atoms with Crippen LogP contribution in [0.3, 0.4) is 0 Å². The number of carbonyl (C=O) groups is 1. The molecule has 1 heterocycles. The van der Waals surface area contributed by atoms with Gasteiger partial charge in [-0.05, 0) is 23.3 Å². The van der Waals surface area contributed by atoms with E-state index in [9.17, 15) is 4.79 Å². The molecule has 5 heteroatoms. The molecule has 0 aliphatic carbocycles. The fourth-order valence-corrected chi connectivity index (χ4v) is 7.64. The number of hydrogen-bond acceptors (Lipinski definition) is 4. The van der Waals surface area contributed by atoms with Crippen molar-refractivity contribution >= 4 is 34.0 Å². The van der Waals surface area contributed by atoms with Gasteiger partial charge in [-0.25, -0.2) is 0 Å². The smallest absolute Gasteiger partial charge is 0.209 e. The Labute approximate surface area is 157 Å². The minimum atomic E-state index is -2.71. The summed E-state index contributed by atoms with van der Waals surface area (Å²) < 4.78 is 10.9. The maximum Gasteiger partial charge on any atom is 0.209 e. The van der Waals surface area contributed by atoms with Gasteiger partial charge in [-0.3, -0.25) is 4.79 Å². The van der Waals surface area contributed by atoms with Gasteiger partial charge < -0.3 is 9.47 Å². The molecule has 3 aromatic carbocycles. The maximum absolute atomic E-state index is 13.8. The van der Waals surface area contributed by atoms with Crippen molar-refractivity contribution in [3.8, 4) is 22.6 Å². The molecule has 0 bridgehead atoms. The molecule has 0 radical (unpaired) electrons. The number of hydrogen-bond donors (Lipinski definition) is 0. The molecule has 3 aromatic rings. The van der Waals surface area contributed by atoms with Gasteiger partial charge in [0.05, 0.1) is 20.3 Å². The lowest BCUT2D eigenvalue weighted by atomic mass is 10.1. The van der Waals surface area contributed by atoms with Gasteiger partial charge in [-0.15, -0.1) is 0 Å². The Bertz CT molecular complexity index is 1000. The minimum absolute atomic E-state index is 0.0980. The maximum atomic E-state index is 13.8. The van der Waals surface area contributed by atoms with Crippen LogP contribution >= 0.6 is 6.04 Å². The molecule has 0 unspecified atom stereocenters. The first kappa shape index (κ1) is 17.0. The predicted molar refractivity (Wildman–Crippen MR) is 109 cm³/mol. The summed E-state index contributed by atoms with van der Waals surface area (Å²) >= 11 is 6.15. The summed E-state index contributed by atoms with van der Waals surface area (Å²) in [6.07, 6.45) is 0. The fraction of sp³-hybridized carbons (Fsp3) is 0.0952. The van der Waals surface area contributed by atoms with E-state index in [1.807, 2.05) is 48.5 Å². The number of carbonyl (C=O) groups excluding carboxylic acids is 1. The zero-order valence-corrected chi connectivity index (χ0v) is 16.1. The Morgan fingerprint density at radius 2 is 1.23 bits per heavy atom. The van der Waals surface area contributed by atoms with Crippen LogP contribution < -0.4 is 20.1 Å². The Morgan fingerprint density at radius 3 is 1.69 bits per heavy atom. The average molecular weight is 380 g/mol. The summed E-state index contributed by atoms with van der Waals surface area (Å²) in [7, 11) is 3.10. The van der Waals surface area contributed by atoms with E-state index in [2.05, 4.69) is 0 Å². The normalized spacial score (nSPS) is 13.6. The van der Waals surface area contributed by atoms with E-state index in [0.717, 1.165) is 21.7 Å². The van der Waals surface area contributed by atoms with Crippen molar-refractivity contribution in [2.24, 2.45) is 0 Å². The molecule has 3 nitrogen and oxygen atoms in total. The SMILES string of the molecule is COc1cccc(OC)c1C(=O)P1(=S)c2ccccc2-c2ccccc21. The van der Waals surface area contributed by atoms with Gasteiger partial charge in [0.2, 0.25) is 5.52 Å². The van der Waals surface area contributed by atoms with E-state index in [1.54, 1.807) is 32.4 Å². The molecular formula is C21H17O3PS. The van der Waals surface area contributed by atoms with Crippen molar-refractivity contribution < 1.29 is 14.3 Å². The molecule has 0 spiro atoms. The minimum Gasteiger partial charge on any atom is -0.496 e. The van der Waals surface area contributed by atoms with Crippen molar-refractivity contribution in [2.75, 3.05) is 14.2 Å². The lowest BCUT2D eigenvalue weighted by molar-refractivity contribution is 0.107. The molecule has 0 fully saturated rings. The van der Waals surface area contributed by atoms with Gasteiger partial charge in [-0.2, -0.15) is 0 Å². The van der Waals surface area contributed by atoms with Crippen LogP contribution in [0.4, 0.5) is 0 Å². The molecule has 1 aliphatic heterocycles. The number of benzene rings is 3. The molecule has 4 rings (SSSR count). The Balaban J connectivity index is 2.02. The quantitative estimate of drug-likeness (QED) is 0.642. The van der Waals surface area contributed by atoms with Crippen molar-refractivity contribution in [3.05, 3.63) is 72.3 Å². The van der Waals surface area contributed by atoms with E-state index in [-0.39, 0.29) is 5.52 Å². The summed E-state index contributed by atoms with van der Waals surface area (Å²) in [4.78, 5) is 13.8. The summed E-state index contributed by atoms with van der Waals surface area (Å²) in [6, 6.07) is 18.5. The summed E-state index contributed by atoms with van der Waals surface area (Å²) in [6.45, 7) is 0. The monoisotopic (exact) mass is 380 g/mol. The largest absolute Gasteiger partial charge is 0.496 e. The zero-order valence-electron chi connectivity index (χ0n) is 14.4. The molecule has 0 atom stereocenters. The van der Waals surface area contributed by atoms with Gasteiger partial charge in [0, 0.05) is 10.6 Å². The van der Waals surface area contributed by atoms with Gasteiger partial charge >= 0.3 is 0 Å². The number of methoxy groups -OCH3 is 2. The van der Waals surface area contributed by atoms with Crippen LogP contribution in [0.25, 0.3) is 11.1 Å². The molecule has 1 aliphatic rings. The van der Waals surface area contributed by atoms with Crippen LogP contribution in [0.1, 0.15) is 10.4 Å². The highest BCUT2D eigenvalue weighted by atomic mass is 32.4. The third-order valence-corrected chi connectivity index (χ3v) is 9.31. The zero-order chi connectivity index (χ0) is 18.3. The molecule has 130 valence electrons. The van der Waals surface area contributed by atoms with Crippen LogP contribution in [-0.2, 0) is 11.8 Å². The molecular weight excluding hydrogens is 363 g/mol. The van der Waals surface area contributed by atoms with E-state index >= 15 is 0 Å². The second kappa shape index (κ2) is 6.39. The van der Waals surface area contributed by atoms with Gasteiger partial charge in [-0.1, -0.05) is 66.4 Å². The molecule has 0 saturated heterocycles. The van der Waals surface area contributed by atoms with Crippen molar-refractivity contribution in [1.82, 2.24) is 0 Å². The molecule has 0 aromatic heterocycles. The molecule has 26 heavy (non-hydrogen) atoms. The second-order valence-electron chi connectivity index (χ2n) is 5.99. The first-order chi connectivity index (χ1) is 12.6.